The fraction of sp³-hybridized carbons (Fsp3) is 0.500. The van der Waals surface area contributed by atoms with E-state index in [0.29, 0.717) is 12.5 Å². The Morgan fingerprint density at radius 1 is 1.43 bits per heavy atom. The molecule has 21 heavy (non-hydrogen) atoms. The van der Waals surface area contributed by atoms with Crippen molar-refractivity contribution in [2.45, 2.75) is 34.1 Å². The number of ether oxygens (including phenoxy) is 1. The van der Waals surface area contributed by atoms with Crippen LogP contribution in [0.2, 0.25) is 0 Å². The van der Waals surface area contributed by atoms with E-state index in [4.69, 9.17) is 4.74 Å². The van der Waals surface area contributed by atoms with Gasteiger partial charge in [0.2, 0.25) is 0 Å². The highest BCUT2D eigenvalue weighted by atomic mass is 16.5. The first kappa shape index (κ1) is 15.4. The number of nitrogens with zero attached hydrogens (tertiary/aromatic N) is 2. The number of esters is 1. The number of pyridine rings is 1. The first-order valence-corrected chi connectivity index (χ1v) is 7.38. The summed E-state index contributed by atoms with van der Waals surface area (Å²) < 4.78 is 6.97. The molecule has 0 unspecified atom stereocenters. The summed E-state index contributed by atoms with van der Waals surface area (Å²) in [5.74, 6) is 1.13. The van der Waals surface area contributed by atoms with Crippen LogP contribution >= 0.6 is 0 Å². The predicted octanol–water partition coefficient (Wildman–Crippen LogP) is 2.82. The molecule has 0 aliphatic carbocycles. The van der Waals surface area contributed by atoms with E-state index in [0.717, 1.165) is 29.1 Å². The Hall–Kier alpha value is -2.04. The molecule has 1 N–H and O–H groups in total. The lowest BCUT2D eigenvalue weighted by Crippen LogP contribution is -2.18. The Labute approximate surface area is 125 Å². The molecule has 0 aliphatic heterocycles. The zero-order chi connectivity index (χ0) is 15.4. The Kier molecular flexibility index (Phi) is 4.83. The van der Waals surface area contributed by atoms with Crippen LogP contribution < -0.4 is 5.32 Å². The van der Waals surface area contributed by atoms with E-state index in [1.807, 2.05) is 29.7 Å². The molecule has 0 fully saturated rings. The number of imidazole rings is 1. The Bertz CT molecular complexity index is 632. The molecular formula is C16H23N3O2. The second-order valence-corrected chi connectivity index (χ2v) is 5.60. The number of carbonyl (C=O) groups is 1. The molecule has 2 heterocycles. The Morgan fingerprint density at radius 2 is 2.19 bits per heavy atom. The Morgan fingerprint density at radius 3 is 2.86 bits per heavy atom. The minimum Gasteiger partial charge on any atom is -0.465 e. The van der Waals surface area contributed by atoms with E-state index in [1.54, 1.807) is 6.92 Å². The van der Waals surface area contributed by atoms with Gasteiger partial charge in [-0.3, -0.25) is 9.20 Å². The summed E-state index contributed by atoms with van der Waals surface area (Å²) in [5, 5.41) is 3.18. The molecule has 0 bridgehead atoms. The number of hydrogen-bond donors (Lipinski definition) is 1. The molecule has 114 valence electrons. The van der Waals surface area contributed by atoms with Crippen molar-refractivity contribution in [3.63, 3.8) is 0 Å². The zero-order valence-electron chi connectivity index (χ0n) is 13.1. The van der Waals surface area contributed by atoms with Crippen molar-refractivity contribution in [2.24, 2.45) is 5.92 Å². The molecular weight excluding hydrogens is 266 g/mol. The van der Waals surface area contributed by atoms with Crippen LogP contribution in [0.25, 0.3) is 5.65 Å². The van der Waals surface area contributed by atoms with Gasteiger partial charge in [-0.1, -0.05) is 19.9 Å². The second kappa shape index (κ2) is 6.61. The SMILES string of the molecule is CCOC(=O)CNc1c(CC(C)C)nc2ccc(C)cn12. The smallest absolute Gasteiger partial charge is 0.325 e. The van der Waals surface area contributed by atoms with E-state index in [2.05, 4.69) is 24.1 Å². The second-order valence-electron chi connectivity index (χ2n) is 5.60. The average Bonchev–Trinajstić information content (AvgIpc) is 2.72. The van der Waals surface area contributed by atoms with Crippen LogP contribution in [0.15, 0.2) is 18.3 Å². The highest BCUT2D eigenvalue weighted by molar-refractivity contribution is 5.75. The van der Waals surface area contributed by atoms with Gasteiger partial charge in [-0.15, -0.1) is 0 Å². The highest BCUT2D eigenvalue weighted by Crippen LogP contribution is 2.21. The lowest BCUT2D eigenvalue weighted by atomic mass is 10.1. The van der Waals surface area contributed by atoms with Gasteiger partial charge in [-0.2, -0.15) is 0 Å². The molecule has 0 aromatic carbocycles. The maximum atomic E-state index is 11.6. The summed E-state index contributed by atoms with van der Waals surface area (Å²) in [4.78, 5) is 16.2. The summed E-state index contributed by atoms with van der Waals surface area (Å²) in [7, 11) is 0. The molecule has 0 aliphatic rings. The molecule has 5 nitrogen and oxygen atoms in total. The largest absolute Gasteiger partial charge is 0.465 e. The normalized spacial score (nSPS) is 11.1. The van der Waals surface area contributed by atoms with Crippen molar-refractivity contribution in [3.05, 3.63) is 29.6 Å². The summed E-state index contributed by atoms with van der Waals surface area (Å²) in [6.07, 6.45) is 2.89. The molecule has 2 rings (SSSR count). The Balaban J connectivity index is 2.32. The zero-order valence-corrected chi connectivity index (χ0v) is 13.1. The van der Waals surface area contributed by atoms with Crippen LogP contribution in [0.3, 0.4) is 0 Å². The number of rotatable bonds is 6. The summed E-state index contributed by atoms with van der Waals surface area (Å²) in [6.45, 7) is 8.71. The maximum Gasteiger partial charge on any atom is 0.325 e. The van der Waals surface area contributed by atoms with Gasteiger partial charge in [0.25, 0.3) is 0 Å². The molecule has 2 aromatic rings. The lowest BCUT2D eigenvalue weighted by Gasteiger charge is -2.09. The third kappa shape index (κ3) is 3.74. The average molecular weight is 289 g/mol. The number of aryl methyl sites for hydroxylation is 1. The quantitative estimate of drug-likeness (QED) is 0.831. The van der Waals surface area contributed by atoms with Gasteiger partial charge in [0.05, 0.1) is 12.3 Å². The van der Waals surface area contributed by atoms with Gasteiger partial charge in [-0.05, 0) is 37.8 Å². The van der Waals surface area contributed by atoms with Crippen LogP contribution in [-0.4, -0.2) is 28.5 Å². The van der Waals surface area contributed by atoms with E-state index in [1.165, 1.54) is 0 Å². The van der Waals surface area contributed by atoms with Crippen molar-refractivity contribution >= 4 is 17.4 Å². The van der Waals surface area contributed by atoms with Crippen molar-refractivity contribution in [3.8, 4) is 0 Å². The predicted molar refractivity (Wildman–Crippen MR) is 83.6 cm³/mol. The van der Waals surface area contributed by atoms with E-state index in [9.17, 15) is 4.79 Å². The number of aromatic nitrogens is 2. The van der Waals surface area contributed by atoms with Gasteiger partial charge in [0.15, 0.2) is 0 Å². The van der Waals surface area contributed by atoms with Gasteiger partial charge >= 0.3 is 5.97 Å². The molecule has 0 radical (unpaired) electrons. The number of nitrogens with one attached hydrogen (secondary N) is 1. The van der Waals surface area contributed by atoms with Crippen LogP contribution in [0.5, 0.6) is 0 Å². The fourth-order valence-corrected chi connectivity index (χ4v) is 2.28. The number of anilines is 1. The fourth-order valence-electron chi connectivity index (χ4n) is 2.28. The molecule has 0 saturated carbocycles. The molecule has 0 saturated heterocycles. The first-order valence-electron chi connectivity index (χ1n) is 7.38. The van der Waals surface area contributed by atoms with Crippen molar-refractivity contribution in [2.75, 3.05) is 18.5 Å². The lowest BCUT2D eigenvalue weighted by molar-refractivity contribution is -0.140. The number of carbonyl (C=O) groups excluding carboxylic acids is 1. The highest BCUT2D eigenvalue weighted by Gasteiger charge is 2.14. The maximum absolute atomic E-state index is 11.6. The minimum atomic E-state index is -0.254. The monoisotopic (exact) mass is 289 g/mol. The molecule has 0 amide bonds. The van der Waals surface area contributed by atoms with Gasteiger partial charge in [0.1, 0.15) is 18.0 Å². The standard InChI is InChI=1S/C16H23N3O2/c1-5-21-15(20)9-17-16-13(8-11(2)3)18-14-7-6-12(4)10-19(14)16/h6-7,10-11,17H,5,8-9H2,1-4H3. The van der Waals surface area contributed by atoms with E-state index < -0.39 is 0 Å². The molecule has 0 spiro atoms. The van der Waals surface area contributed by atoms with Crippen LogP contribution in [0.4, 0.5) is 5.82 Å². The summed E-state index contributed by atoms with van der Waals surface area (Å²) in [6, 6.07) is 4.03. The topological polar surface area (TPSA) is 55.6 Å². The number of fused-ring (bicyclic) bond motifs is 1. The van der Waals surface area contributed by atoms with Crippen LogP contribution in [0, 0.1) is 12.8 Å². The van der Waals surface area contributed by atoms with Gasteiger partial charge in [-0.25, -0.2) is 4.98 Å². The third-order valence-electron chi connectivity index (χ3n) is 3.15. The molecule has 0 atom stereocenters. The van der Waals surface area contributed by atoms with E-state index in [-0.39, 0.29) is 12.5 Å². The molecule has 2 aromatic heterocycles. The van der Waals surface area contributed by atoms with Crippen molar-refractivity contribution in [1.82, 2.24) is 9.38 Å². The van der Waals surface area contributed by atoms with Crippen LogP contribution in [0.1, 0.15) is 32.0 Å². The van der Waals surface area contributed by atoms with Crippen molar-refractivity contribution < 1.29 is 9.53 Å². The van der Waals surface area contributed by atoms with Crippen molar-refractivity contribution in [1.29, 1.82) is 0 Å². The molecule has 5 heteroatoms. The van der Waals surface area contributed by atoms with Crippen LogP contribution in [-0.2, 0) is 16.0 Å². The minimum absolute atomic E-state index is 0.153. The van der Waals surface area contributed by atoms with E-state index >= 15 is 0 Å². The third-order valence-corrected chi connectivity index (χ3v) is 3.15. The summed E-state index contributed by atoms with van der Waals surface area (Å²) >= 11 is 0. The number of hydrogen-bond acceptors (Lipinski definition) is 4. The first-order chi connectivity index (χ1) is 10.0. The van der Waals surface area contributed by atoms with Gasteiger partial charge < -0.3 is 10.1 Å². The summed E-state index contributed by atoms with van der Waals surface area (Å²) in [5.41, 5.74) is 3.03. The van der Waals surface area contributed by atoms with Gasteiger partial charge in [0, 0.05) is 6.20 Å².